The maximum absolute atomic E-state index is 11.0. The number of H-pyrrole nitrogens is 1. The zero-order valence-electron chi connectivity index (χ0n) is 10.4. The van der Waals surface area contributed by atoms with Crippen molar-refractivity contribution in [2.24, 2.45) is 0 Å². The first kappa shape index (κ1) is 13.2. The fourth-order valence-corrected chi connectivity index (χ4v) is 1.49. The summed E-state index contributed by atoms with van der Waals surface area (Å²) in [5.41, 5.74) is 1.07. The Morgan fingerprint density at radius 3 is 3.00 bits per heavy atom. The molecule has 0 fully saturated rings. The number of hydrogen-bond donors (Lipinski definition) is 2. The number of benzene rings is 1. The predicted molar refractivity (Wildman–Crippen MR) is 69.2 cm³/mol. The molecule has 2 N–H and O–H groups in total. The van der Waals surface area contributed by atoms with Crippen LogP contribution in [0.1, 0.15) is 11.4 Å². The van der Waals surface area contributed by atoms with Gasteiger partial charge in [0.2, 0.25) is 5.82 Å². The smallest absolute Gasteiger partial charge is 0.292 e. The van der Waals surface area contributed by atoms with E-state index in [1.54, 1.807) is 19.1 Å². The summed E-state index contributed by atoms with van der Waals surface area (Å²) in [5.74, 6) is 0.106. The monoisotopic (exact) mass is 271 g/mol. The Kier molecular flexibility index (Phi) is 3.67. The number of nitrogens with one attached hydrogen (secondary N) is 2. The molecular weight excluding hydrogens is 262 g/mol. The molecule has 20 heavy (non-hydrogen) atoms. The van der Waals surface area contributed by atoms with Crippen LogP contribution >= 0.6 is 0 Å². The largest absolute Gasteiger partial charge is 0.355 e. The van der Waals surface area contributed by atoms with Crippen molar-refractivity contribution >= 4 is 16.9 Å². The van der Waals surface area contributed by atoms with Crippen molar-refractivity contribution in [1.82, 2.24) is 20.6 Å². The van der Waals surface area contributed by atoms with E-state index in [4.69, 9.17) is 5.26 Å². The number of allylic oxidation sites excluding steroid dienone is 1. The lowest BCUT2D eigenvalue weighted by molar-refractivity contribution is -0.384. The molecule has 0 amide bonds. The molecule has 0 radical (unpaired) electrons. The first-order valence-corrected chi connectivity index (χ1v) is 5.47. The molecule has 0 aliphatic rings. The number of rotatable bonds is 4. The lowest BCUT2D eigenvalue weighted by Crippen LogP contribution is -1.98. The van der Waals surface area contributed by atoms with Gasteiger partial charge in [0, 0.05) is 12.3 Å². The van der Waals surface area contributed by atoms with Gasteiger partial charge in [-0.25, -0.2) is 0 Å². The maximum atomic E-state index is 11.0. The number of nitriles is 1. The summed E-state index contributed by atoms with van der Waals surface area (Å²) in [5, 5.41) is 35.5. The summed E-state index contributed by atoms with van der Waals surface area (Å²) in [6, 6.07) is 6.61. The highest BCUT2D eigenvalue weighted by Gasteiger charge is 2.13. The highest BCUT2D eigenvalue weighted by atomic mass is 16.6. The zero-order chi connectivity index (χ0) is 14.5. The standard InChI is InChI=1S/C11H9N7O2/c1-7-2-3-9(10(4-7)18(19)20)13-6-8(5-12)11-14-16-17-15-11/h2-4,6,13H,1H3,(H,14,15,16,17). The molecule has 0 aliphatic heterocycles. The van der Waals surface area contributed by atoms with Crippen LogP contribution in [-0.2, 0) is 0 Å². The molecule has 2 rings (SSSR count). The van der Waals surface area contributed by atoms with Crippen LogP contribution in [0.3, 0.4) is 0 Å². The summed E-state index contributed by atoms with van der Waals surface area (Å²) in [4.78, 5) is 10.5. The number of nitro groups is 1. The number of aromatic nitrogens is 4. The van der Waals surface area contributed by atoms with E-state index >= 15 is 0 Å². The van der Waals surface area contributed by atoms with Crippen molar-refractivity contribution in [2.75, 3.05) is 5.32 Å². The van der Waals surface area contributed by atoms with E-state index in [0.29, 0.717) is 0 Å². The Morgan fingerprint density at radius 1 is 1.60 bits per heavy atom. The van der Waals surface area contributed by atoms with E-state index < -0.39 is 4.92 Å². The fraction of sp³-hybridized carbons (Fsp3) is 0.0909. The molecule has 0 aliphatic carbocycles. The minimum Gasteiger partial charge on any atom is -0.355 e. The zero-order valence-corrected chi connectivity index (χ0v) is 10.4. The molecule has 0 saturated carbocycles. The van der Waals surface area contributed by atoms with E-state index in [-0.39, 0.29) is 22.8 Å². The number of hydrogen-bond acceptors (Lipinski definition) is 7. The van der Waals surface area contributed by atoms with Crippen LogP contribution in [0, 0.1) is 28.4 Å². The highest BCUT2D eigenvalue weighted by molar-refractivity contribution is 5.75. The van der Waals surface area contributed by atoms with Crippen molar-refractivity contribution in [3.63, 3.8) is 0 Å². The van der Waals surface area contributed by atoms with Crippen LogP contribution in [0.15, 0.2) is 24.4 Å². The highest BCUT2D eigenvalue weighted by Crippen LogP contribution is 2.25. The second-order valence-electron chi connectivity index (χ2n) is 3.83. The fourth-order valence-electron chi connectivity index (χ4n) is 1.49. The van der Waals surface area contributed by atoms with Crippen molar-refractivity contribution in [2.45, 2.75) is 6.92 Å². The van der Waals surface area contributed by atoms with E-state index in [2.05, 4.69) is 25.9 Å². The molecule has 0 bridgehead atoms. The Bertz CT molecular complexity index is 700. The molecule has 1 aromatic carbocycles. The summed E-state index contributed by atoms with van der Waals surface area (Å²) in [6.45, 7) is 1.76. The Labute approximate surface area is 113 Å². The lowest BCUT2D eigenvalue weighted by atomic mass is 10.2. The Hall–Kier alpha value is -3.28. The molecule has 1 aromatic heterocycles. The minimum atomic E-state index is -0.496. The Balaban J connectivity index is 2.31. The topological polar surface area (TPSA) is 133 Å². The predicted octanol–water partition coefficient (Wildman–Crippen LogP) is 1.39. The van der Waals surface area contributed by atoms with Crippen molar-refractivity contribution in [3.8, 4) is 6.07 Å². The average molecular weight is 271 g/mol. The van der Waals surface area contributed by atoms with Gasteiger partial charge in [-0.05, 0) is 23.8 Å². The van der Waals surface area contributed by atoms with Gasteiger partial charge in [-0.1, -0.05) is 6.07 Å². The number of nitrogens with zero attached hydrogens (tertiary/aromatic N) is 5. The minimum absolute atomic E-state index is 0.0772. The molecule has 0 spiro atoms. The maximum Gasteiger partial charge on any atom is 0.292 e. The summed E-state index contributed by atoms with van der Waals surface area (Å²) in [6.07, 6.45) is 1.29. The van der Waals surface area contributed by atoms with E-state index in [1.165, 1.54) is 12.3 Å². The SMILES string of the molecule is Cc1ccc(NC=C(C#N)c2nn[nH]n2)c([N+](=O)[O-])c1. The van der Waals surface area contributed by atoms with Gasteiger partial charge in [-0.2, -0.15) is 10.5 Å². The quantitative estimate of drug-likeness (QED) is 0.487. The first-order chi connectivity index (χ1) is 9.61. The van der Waals surface area contributed by atoms with Gasteiger partial charge in [-0.15, -0.1) is 10.2 Å². The third-order valence-corrected chi connectivity index (χ3v) is 2.43. The number of aryl methyl sites for hydroxylation is 1. The van der Waals surface area contributed by atoms with Gasteiger partial charge in [0.1, 0.15) is 17.3 Å². The van der Waals surface area contributed by atoms with Gasteiger partial charge in [0.25, 0.3) is 5.69 Å². The van der Waals surface area contributed by atoms with Crippen LogP contribution in [0.5, 0.6) is 0 Å². The summed E-state index contributed by atoms with van der Waals surface area (Å²) >= 11 is 0. The number of tetrazole rings is 1. The average Bonchev–Trinajstić information content (AvgIpc) is 2.94. The molecular formula is C11H9N7O2. The van der Waals surface area contributed by atoms with Crippen LogP contribution in [0.2, 0.25) is 0 Å². The Morgan fingerprint density at radius 2 is 2.40 bits per heavy atom. The van der Waals surface area contributed by atoms with E-state index in [0.717, 1.165) is 5.56 Å². The number of anilines is 1. The van der Waals surface area contributed by atoms with Crippen molar-refractivity contribution < 1.29 is 4.92 Å². The second kappa shape index (κ2) is 5.57. The van der Waals surface area contributed by atoms with Crippen LogP contribution in [0.4, 0.5) is 11.4 Å². The van der Waals surface area contributed by atoms with Gasteiger partial charge in [-0.3, -0.25) is 10.1 Å². The summed E-state index contributed by atoms with van der Waals surface area (Å²) in [7, 11) is 0. The molecule has 0 saturated heterocycles. The second-order valence-corrected chi connectivity index (χ2v) is 3.83. The van der Waals surface area contributed by atoms with Crippen molar-refractivity contribution in [3.05, 3.63) is 45.9 Å². The molecule has 0 unspecified atom stereocenters. The number of nitro benzene ring substituents is 1. The van der Waals surface area contributed by atoms with E-state index in [9.17, 15) is 10.1 Å². The van der Waals surface area contributed by atoms with Gasteiger partial charge in [0.05, 0.1) is 4.92 Å². The molecule has 9 heteroatoms. The van der Waals surface area contributed by atoms with Crippen molar-refractivity contribution in [1.29, 1.82) is 5.26 Å². The molecule has 1 heterocycles. The molecule has 9 nitrogen and oxygen atoms in total. The lowest BCUT2D eigenvalue weighted by Gasteiger charge is -2.03. The van der Waals surface area contributed by atoms with Gasteiger partial charge >= 0.3 is 0 Å². The van der Waals surface area contributed by atoms with Gasteiger partial charge in [0.15, 0.2) is 0 Å². The number of aromatic amines is 1. The van der Waals surface area contributed by atoms with Gasteiger partial charge < -0.3 is 5.32 Å². The third kappa shape index (κ3) is 2.75. The normalized spacial score (nSPS) is 10.9. The molecule has 2 aromatic rings. The van der Waals surface area contributed by atoms with Crippen LogP contribution in [0.25, 0.3) is 5.57 Å². The molecule has 0 atom stereocenters. The van der Waals surface area contributed by atoms with Crippen LogP contribution in [-0.4, -0.2) is 25.5 Å². The van der Waals surface area contributed by atoms with E-state index in [1.807, 2.05) is 6.07 Å². The molecule has 100 valence electrons. The van der Waals surface area contributed by atoms with Crippen LogP contribution < -0.4 is 5.32 Å². The third-order valence-electron chi connectivity index (χ3n) is 2.43. The first-order valence-electron chi connectivity index (χ1n) is 5.47. The summed E-state index contributed by atoms with van der Waals surface area (Å²) < 4.78 is 0.